The first-order valence-corrected chi connectivity index (χ1v) is 2.56. The average Bonchev–Trinajstić information content (AvgIpc) is 1.86. The Bertz CT molecular complexity index is 101. The Morgan fingerprint density at radius 1 is 1.67 bits per heavy atom. The Labute approximate surface area is 46.0 Å². The maximum absolute atomic E-state index is 2.94. The van der Waals surface area contributed by atoms with E-state index in [0.717, 1.165) is 6.42 Å². The molecule has 0 atom stereocenters. The van der Waals surface area contributed by atoms with Gasteiger partial charge in [-0.15, -0.1) is 0 Å². The zero-order valence-electron chi connectivity index (χ0n) is 3.35. The molecule has 6 heavy (non-hydrogen) atoms. The van der Waals surface area contributed by atoms with Crippen LogP contribution >= 0.6 is 0 Å². The molecule has 0 radical (unpaired) electrons. The van der Waals surface area contributed by atoms with Gasteiger partial charge >= 0.3 is 45.4 Å². The van der Waals surface area contributed by atoms with Crippen LogP contribution in [-0.2, 0) is 16.3 Å². The summed E-state index contributed by atoms with van der Waals surface area (Å²) < 4.78 is 1.34. The predicted molar refractivity (Wildman–Crippen MR) is 21.8 cm³/mol. The summed E-state index contributed by atoms with van der Waals surface area (Å²) >= 11 is 2.94. The van der Waals surface area contributed by atoms with Gasteiger partial charge in [0.25, 0.3) is 0 Å². The van der Waals surface area contributed by atoms with Crippen LogP contribution in [0.4, 0.5) is 0 Å². The van der Waals surface area contributed by atoms with Gasteiger partial charge < -0.3 is 0 Å². The molecule has 1 aliphatic carbocycles. The standard InChI is InChI=1S/C5H5.Cr/c1-2-4-5-3-1;/h1-3H,4H2;. The molecule has 0 heterocycles. The second-order valence-corrected chi connectivity index (χ2v) is 2.08. The summed E-state index contributed by atoms with van der Waals surface area (Å²) in [7, 11) is 0. The fourth-order valence-electron chi connectivity index (χ4n) is 0.428. The van der Waals surface area contributed by atoms with E-state index in [1.165, 1.54) is 4.44 Å². The van der Waals surface area contributed by atoms with Gasteiger partial charge in [-0.05, 0) is 0 Å². The third-order valence-corrected chi connectivity index (χ3v) is 1.21. The molecule has 31 valence electrons. The molecule has 0 amide bonds. The molecule has 1 heteroatoms. The van der Waals surface area contributed by atoms with Gasteiger partial charge in [-0.25, -0.2) is 0 Å². The van der Waals surface area contributed by atoms with Crippen LogP contribution in [0.15, 0.2) is 22.7 Å². The van der Waals surface area contributed by atoms with Gasteiger partial charge in [0.15, 0.2) is 0 Å². The Hall–Kier alpha value is 0.0125. The normalized spacial score (nSPS) is 18.3. The van der Waals surface area contributed by atoms with Crippen molar-refractivity contribution < 1.29 is 16.3 Å². The molecule has 0 saturated carbocycles. The van der Waals surface area contributed by atoms with E-state index in [2.05, 4.69) is 34.5 Å². The molecule has 0 N–H and O–H groups in total. The van der Waals surface area contributed by atoms with Crippen molar-refractivity contribution in [2.75, 3.05) is 0 Å². The summed E-state index contributed by atoms with van der Waals surface area (Å²) in [6, 6.07) is 0. The van der Waals surface area contributed by atoms with Crippen LogP contribution in [0.5, 0.6) is 0 Å². The molecule has 0 nitrogen and oxygen atoms in total. The van der Waals surface area contributed by atoms with Crippen molar-refractivity contribution >= 4 is 0 Å². The van der Waals surface area contributed by atoms with Crippen LogP contribution in [-0.4, -0.2) is 0 Å². The fraction of sp³-hybridized carbons (Fsp3) is 0.200. The zero-order valence-corrected chi connectivity index (χ0v) is 4.62. The van der Waals surface area contributed by atoms with Crippen molar-refractivity contribution in [3.05, 3.63) is 22.7 Å². The van der Waals surface area contributed by atoms with E-state index >= 15 is 0 Å². The van der Waals surface area contributed by atoms with Crippen LogP contribution in [0.25, 0.3) is 0 Å². The summed E-state index contributed by atoms with van der Waals surface area (Å²) in [5.74, 6) is 0. The van der Waals surface area contributed by atoms with E-state index in [1.807, 2.05) is 0 Å². The molecule has 0 aromatic rings. The quantitative estimate of drug-likeness (QED) is 0.449. The van der Waals surface area contributed by atoms with Crippen molar-refractivity contribution in [3.8, 4) is 0 Å². The Balaban J connectivity index is 2.61. The maximum atomic E-state index is 2.94. The SMILES string of the molecule is [Cr][C]1=CC=CC1. The first kappa shape index (κ1) is 4.18. The first-order chi connectivity index (χ1) is 2.89. The average molecular weight is 117 g/mol. The van der Waals surface area contributed by atoms with Crippen LogP contribution in [0.1, 0.15) is 6.42 Å². The third kappa shape index (κ3) is 0.740. The van der Waals surface area contributed by atoms with E-state index in [9.17, 15) is 0 Å². The molecule has 0 unspecified atom stereocenters. The minimum absolute atomic E-state index is 1.11. The summed E-state index contributed by atoms with van der Waals surface area (Å²) in [6.45, 7) is 0. The van der Waals surface area contributed by atoms with E-state index in [4.69, 9.17) is 0 Å². The summed E-state index contributed by atoms with van der Waals surface area (Å²) in [5, 5.41) is 0. The van der Waals surface area contributed by atoms with Crippen molar-refractivity contribution in [3.63, 3.8) is 0 Å². The second kappa shape index (κ2) is 1.64. The number of hydrogen-bond donors (Lipinski definition) is 0. The Morgan fingerprint density at radius 3 is 2.67 bits per heavy atom. The Morgan fingerprint density at radius 2 is 2.50 bits per heavy atom. The number of rotatable bonds is 0. The van der Waals surface area contributed by atoms with Gasteiger partial charge in [0.1, 0.15) is 0 Å². The monoisotopic (exact) mass is 117 g/mol. The molecule has 0 aromatic heterocycles. The van der Waals surface area contributed by atoms with Gasteiger partial charge in [0.2, 0.25) is 0 Å². The summed E-state index contributed by atoms with van der Waals surface area (Å²) in [6.07, 6.45) is 7.39. The van der Waals surface area contributed by atoms with Gasteiger partial charge in [0.05, 0.1) is 0 Å². The van der Waals surface area contributed by atoms with Crippen LogP contribution in [0.2, 0.25) is 0 Å². The molecular weight excluding hydrogens is 112 g/mol. The van der Waals surface area contributed by atoms with Crippen molar-refractivity contribution in [1.82, 2.24) is 0 Å². The van der Waals surface area contributed by atoms with Crippen molar-refractivity contribution in [2.24, 2.45) is 0 Å². The molecule has 1 aliphatic rings. The topological polar surface area (TPSA) is 0 Å². The zero-order chi connectivity index (χ0) is 4.41. The molecule has 0 bridgehead atoms. The van der Waals surface area contributed by atoms with Crippen LogP contribution < -0.4 is 0 Å². The van der Waals surface area contributed by atoms with Gasteiger partial charge in [-0.1, -0.05) is 0 Å². The summed E-state index contributed by atoms with van der Waals surface area (Å²) in [5.41, 5.74) is 0. The van der Waals surface area contributed by atoms with E-state index < -0.39 is 0 Å². The van der Waals surface area contributed by atoms with E-state index in [-0.39, 0.29) is 0 Å². The van der Waals surface area contributed by atoms with Gasteiger partial charge in [-0.3, -0.25) is 0 Å². The fourth-order valence-corrected chi connectivity index (χ4v) is 0.701. The molecule has 0 fully saturated rings. The van der Waals surface area contributed by atoms with Crippen molar-refractivity contribution in [1.29, 1.82) is 0 Å². The molecular formula is C5H5Cr. The number of allylic oxidation sites excluding steroid dienone is 4. The molecule has 1 rings (SSSR count). The van der Waals surface area contributed by atoms with Crippen LogP contribution in [0, 0.1) is 0 Å². The van der Waals surface area contributed by atoms with Crippen LogP contribution in [0.3, 0.4) is 0 Å². The third-order valence-electron chi connectivity index (χ3n) is 0.737. The molecule has 0 spiro atoms. The first-order valence-electron chi connectivity index (χ1n) is 1.92. The van der Waals surface area contributed by atoms with Gasteiger partial charge in [-0.2, -0.15) is 0 Å². The molecule has 0 saturated heterocycles. The van der Waals surface area contributed by atoms with Crippen molar-refractivity contribution in [2.45, 2.75) is 6.42 Å². The molecule has 0 aromatic carbocycles. The Kier molecular flexibility index (Phi) is 1.14. The molecule has 0 aliphatic heterocycles. The number of hydrogen-bond acceptors (Lipinski definition) is 0. The summed E-state index contributed by atoms with van der Waals surface area (Å²) in [4.78, 5) is 0. The van der Waals surface area contributed by atoms with Gasteiger partial charge in [0, 0.05) is 0 Å². The minimum atomic E-state index is 1.11. The predicted octanol–water partition coefficient (Wildman–Crippen LogP) is 1.38. The second-order valence-electron chi connectivity index (χ2n) is 1.27. The van der Waals surface area contributed by atoms with E-state index in [0.29, 0.717) is 0 Å². The van der Waals surface area contributed by atoms with E-state index in [1.54, 1.807) is 0 Å².